The van der Waals surface area contributed by atoms with Crippen LogP contribution in [-0.2, 0) is 11.0 Å². The van der Waals surface area contributed by atoms with E-state index in [2.05, 4.69) is 17.2 Å². The highest BCUT2D eigenvalue weighted by atomic mass is 19.4. The summed E-state index contributed by atoms with van der Waals surface area (Å²) < 4.78 is 38.0. The Hall–Kier alpha value is -1.98. The number of anilines is 1. The molecule has 1 aromatic rings. The van der Waals surface area contributed by atoms with Gasteiger partial charge in [-0.3, -0.25) is 4.79 Å². The van der Waals surface area contributed by atoms with Crippen LogP contribution in [0, 0.1) is 0 Å². The monoisotopic (exact) mass is 272 g/mol. The van der Waals surface area contributed by atoms with Crippen LogP contribution < -0.4 is 10.6 Å². The second-order valence-corrected chi connectivity index (χ2v) is 3.81. The van der Waals surface area contributed by atoms with Crippen LogP contribution in [0.15, 0.2) is 36.9 Å². The first-order valence-electron chi connectivity index (χ1n) is 5.73. The van der Waals surface area contributed by atoms with Gasteiger partial charge >= 0.3 is 6.18 Å². The summed E-state index contributed by atoms with van der Waals surface area (Å²) in [5.41, 5.74) is -0.756. The van der Waals surface area contributed by atoms with Crippen molar-refractivity contribution in [1.82, 2.24) is 5.32 Å². The molecule has 0 bridgehead atoms. The van der Waals surface area contributed by atoms with Gasteiger partial charge in [0.1, 0.15) is 0 Å². The number of carbonyl (C=O) groups is 1. The highest BCUT2D eigenvalue weighted by molar-refractivity contribution is 5.76. The number of para-hydroxylation sites is 1. The van der Waals surface area contributed by atoms with Crippen molar-refractivity contribution in [2.45, 2.75) is 12.6 Å². The molecule has 0 radical (unpaired) electrons. The SMILES string of the molecule is C=CCNC(=O)CCNc1ccccc1C(F)(F)F. The van der Waals surface area contributed by atoms with Crippen molar-refractivity contribution in [3.05, 3.63) is 42.5 Å². The van der Waals surface area contributed by atoms with E-state index in [-0.39, 0.29) is 24.6 Å². The van der Waals surface area contributed by atoms with Crippen molar-refractivity contribution in [3.8, 4) is 0 Å². The lowest BCUT2D eigenvalue weighted by Crippen LogP contribution is -2.25. The third-order valence-corrected chi connectivity index (χ3v) is 2.34. The molecule has 0 atom stereocenters. The Labute approximate surface area is 109 Å². The lowest BCUT2D eigenvalue weighted by molar-refractivity contribution is -0.137. The highest BCUT2D eigenvalue weighted by Crippen LogP contribution is 2.34. The Bertz CT molecular complexity index is 444. The number of amides is 1. The Morgan fingerprint density at radius 2 is 2.00 bits per heavy atom. The molecule has 0 aliphatic heterocycles. The van der Waals surface area contributed by atoms with Crippen LogP contribution in [0.5, 0.6) is 0 Å². The summed E-state index contributed by atoms with van der Waals surface area (Å²) in [5, 5.41) is 5.16. The topological polar surface area (TPSA) is 41.1 Å². The summed E-state index contributed by atoms with van der Waals surface area (Å²) in [5.74, 6) is -0.239. The van der Waals surface area contributed by atoms with Crippen molar-refractivity contribution in [2.75, 3.05) is 18.4 Å². The maximum atomic E-state index is 12.7. The van der Waals surface area contributed by atoms with E-state index in [9.17, 15) is 18.0 Å². The summed E-state index contributed by atoms with van der Waals surface area (Å²) in [6, 6.07) is 5.17. The lowest BCUT2D eigenvalue weighted by atomic mass is 10.1. The average Bonchev–Trinajstić information content (AvgIpc) is 2.35. The number of hydrogen-bond donors (Lipinski definition) is 2. The quantitative estimate of drug-likeness (QED) is 0.782. The maximum Gasteiger partial charge on any atom is 0.418 e. The van der Waals surface area contributed by atoms with Crippen LogP contribution in [0.3, 0.4) is 0 Å². The highest BCUT2D eigenvalue weighted by Gasteiger charge is 2.32. The predicted molar refractivity (Wildman–Crippen MR) is 67.8 cm³/mol. The Morgan fingerprint density at radius 1 is 1.32 bits per heavy atom. The first-order valence-corrected chi connectivity index (χ1v) is 5.73. The smallest absolute Gasteiger partial charge is 0.384 e. The average molecular weight is 272 g/mol. The fraction of sp³-hybridized carbons (Fsp3) is 0.308. The molecule has 0 heterocycles. The van der Waals surface area contributed by atoms with E-state index >= 15 is 0 Å². The molecule has 0 saturated heterocycles. The van der Waals surface area contributed by atoms with E-state index in [1.165, 1.54) is 24.3 Å². The zero-order chi connectivity index (χ0) is 14.3. The first kappa shape index (κ1) is 15.1. The number of hydrogen-bond acceptors (Lipinski definition) is 2. The molecular formula is C13H15F3N2O. The van der Waals surface area contributed by atoms with E-state index in [0.29, 0.717) is 6.54 Å². The Morgan fingerprint density at radius 3 is 2.63 bits per heavy atom. The van der Waals surface area contributed by atoms with Crippen molar-refractivity contribution in [3.63, 3.8) is 0 Å². The van der Waals surface area contributed by atoms with Gasteiger partial charge in [-0.2, -0.15) is 13.2 Å². The summed E-state index contributed by atoms with van der Waals surface area (Å²) >= 11 is 0. The number of halogens is 3. The number of carbonyl (C=O) groups excluding carboxylic acids is 1. The summed E-state index contributed by atoms with van der Waals surface area (Å²) in [6.07, 6.45) is -2.78. The zero-order valence-electron chi connectivity index (χ0n) is 10.3. The van der Waals surface area contributed by atoms with Crippen molar-refractivity contribution < 1.29 is 18.0 Å². The molecule has 1 amide bonds. The van der Waals surface area contributed by atoms with Gasteiger partial charge in [0, 0.05) is 25.2 Å². The summed E-state index contributed by atoms with van der Waals surface area (Å²) in [7, 11) is 0. The predicted octanol–water partition coefficient (Wildman–Crippen LogP) is 2.81. The minimum atomic E-state index is -4.41. The molecule has 6 heteroatoms. The Balaban J connectivity index is 2.54. The van der Waals surface area contributed by atoms with E-state index in [4.69, 9.17) is 0 Å². The number of alkyl halides is 3. The van der Waals surface area contributed by atoms with Crippen LogP contribution in [-0.4, -0.2) is 19.0 Å². The van der Waals surface area contributed by atoms with Crippen LogP contribution in [0.2, 0.25) is 0 Å². The fourth-order valence-corrected chi connectivity index (χ4v) is 1.47. The van der Waals surface area contributed by atoms with Gasteiger partial charge in [-0.05, 0) is 12.1 Å². The normalized spacial score (nSPS) is 10.9. The van der Waals surface area contributed by atoms with Crippen LogP contribution in [0.25, 0.3) is 0 Å². The van der Waals surface area contributed by atoms with E-state index in [1.54, 1.807) is 0 Å². The maximum absolute atomic E-state index is 12.7. The van der Waals surface area contributed by atoms with Crippen molar-refractivity contribution in [1.29, 1.82) is 0 Å². The van der Waals surface area contributed by atoms with Crippen molar-refractivity contribution >= 4 is 11.6 Å². The number of rotatable bonds is 6. The van der Waals surface area contributed by atoms with Crippen LogP contribution >= 0.6 is 0 Å². The third kappa shape index (κ3) is 5.03. The first-order chi connectivity index (χ1) is 8.95. The molecule has 1 rings (SSSR count). The summed E-state index contributed by atoms with van der Waals surface area (Å²) in [4.78, 5) is 11.3. The molecule has 0 spiro atoms. The molecule has 0 unspecified atom stereocenters. The molecule has 0 saturated carbocycles. The van der Waals surface area contributed by atoms with Gasteiger partial charge in [-0.1, -0.05) is 18.2 Å². The van der Waals surface area contributed by atoms with Gasteiger partial charge in [-0.15, -0.1) is 6.58 Å². The molecule has 0 aromatic heterocycles. The van der Waals surface area contributed by atoms with Gasteiger partial charge in [0.2, 0.25) is 5.91 Å². The van der Waals surface area contributed by atoms with Gasteiger partial charge in [0.15, 0.2) is 0 Å². The second-order valence-electron chi connectivity index (χ2n) is 3.81. The third-order valence-electron chi connectivity index (χ3n) is 2.34. The van der Waals surface area contributed by atoms with E-state index < -0.39 is 11.7 Å². The molecule has 0 fully saturated rings. The van der Waals surface area contributed by atoms with Gasteiger partial charge in [-0.25, -0.2) is 0 Å². The standard InChI is InChI=1S/C13H15F3N2O/c1-2-8-18-12(19)7-9-17-11-6-4-3-5-10(11)13(14,15)16/h2-6,17H,1,7-9H2,(H,18,19). The molecule has 2 N–H and O–H groups in total. The largest absolute Gasteiger partial charge is 0.418 e. The Kier molecular flexibility index (Phi) is 5.41. The van der Waals surface area contributed by atoms with E-state index in [0.717, 1.165) is 6.07 Å². The molecular weight excluding hydrogens is 257 g/mol. The zero-order valence-corrected chi connectivity index (χ0v) is 10.3. The number of nitrogens with one attached hydrogen (secondary N) is 2. The molecule has 3 nitrogen and oxygen atoms in total. The van der Waals surface area contributed by atoms with Gasteiger partial charge in [0.05, 0.1) is 5.56 Å². The molecule has 0 aliphatic carbocycles. The summed E-state index contributed by atoms with van der Waals surface area (Å²) in [6.45, 7) is 3.92. The fourth-order valence-electron chi connectivity index (χ4n) is 1.47. The van der Waals surface area contributed by atoms with Crippen LogP contribution in [0.1, 0.15) is 12.0 Å². The minimum Gasteiger partial charge on any atom is -0.384 e. The van der Waals surface area contributed by atoms with E-state index in [1.807, 2.05) is 0 Å². The molecule has 19 heavy (non-hydrogen) atoms. The second kappa shape index (κ2) is 6.82. The van der Waals surface area contributed by atoms with Gasteiger partial charge < -0.3 is 10.6 Å². The van der Waals surface area contributed by atoms with Gasteiger partial charge in [0.25, 0.3) is 0 Å². The lowest BCUT2D eigenvalue weighted by Gasteiger charge is -2.14. The van der Waals surface area contributed by atoms with Crippen molar-refractivity contribution in [2.24, 2.45) is 0 Å². The number of benzene rings is 1. The minimum absolute atomic E-state index is 0.0217. The molecule has 1 aromatic carbocycles. The van der Waals surface area contributed by atoms with Crippen LogP contribution in [0.4, 0.5) is 18.9 Å². The molecule has 104 valence electrons. The molecule has 0 aliphatic rings.